The van der Waals surface area contributed by atoms with Crippen LogP contribution in [0.5, 0.6) is 0 Å². The van der Waals surface area contributed by atoms with E-state index in [-0.39, 0.29) is 11.3 Å². The van der Waals surface area contributed by atoms with Crippen molar-refractivity contribution in [3.05, 3.63) is 107 Å². The summed E-state index contributed by atoms with van der Waals surface area (Å²) in [7, 11) is 0. The Morgan fingerprint density at radius 2 is 1.72 bits per heavy atom. The molecule has 1 aliphatic carbocycles. The molecule has 3 atom stereocenters. The first-order chi connectivity index (χ1) is 15.4. The first-order valence-corrected chi connectivity index (χ1v) is 11.4. The maximum Gasteiger partial charge on any atom is 0.255 e. The lowest BCUT2D eigenvalue weighted by Crippen LogP contribution is -2.29. The molecule has 0 bridgehead atoms. The molecule has 0 fully saturated rings. The molecule has 3 aromatic carbocycles. The zero-order valence-corrected chi connectivity index (χ0v) is 18.9. The van der Waals surface area contributed by atoms with Crippen LogP contribution in [-0.4, -0.2) is 5.91 Å². The van der Waals surface area contributed by atoms with E-state index >= 15 is 0 Å². The van der Waals surface area contributed by atoms with Crippen LogP contribution in [0.1, 0.15) is 66.2 Å². The number of carbonyl (C=O) groups excluding carboxylic acids is 1. The molecule has 0 radical (unpaired) electrons. The quantitative estimate of drug-likeness (QED) is 0.444. The number of amides is 1. The summed E-state index contributed by atoms with van der Waals surface area (Å²) in [5.41, 5.74) is 6.55. The largest absolute Gasteiger partial charge is 0.378 e. The topological polar surface area (TPSA) is 41.1 Å². The highest BCUT2D eigenvalue weighted by molar-refractivity contribution is 6.04. The van der Waals surface area contributed by atoms with Gasteiger partial charge < -0.3 is 10.6 Å². The van der Waals surface area contributed by atoms with Crippen LogP contribution in [0, 0.1) is 5.92 Å². The normalized spacial score (nSPS) is 21.4. The van der Waals surface area contributed by atoms with E-state index < -0.39 is 0 Å². The van der Waals surface area contributed by atoms with Gasteiger partial charge in [-0.2, -0.15) is 0 Å². The van der Waals surface area contributed by atoms with Crippen LogP contribution in [0.3, 0.4) is 0 Å². The van der Waals surface area contributed by atoms with E-state index in [9.17, 15) is 4.79 Å². The first-order valence-electron chi connectivity index (χ1n) is 11.4. The molecule has 1 heterocycles. The molecule has 3 unspecified atom stereocenters. The summed E-state index contributed by atoms with van der Waals surface area (Å²) in [6, 6.07) is 25.1. The van der Waals surface area contributed by atoms with Gasteiger partial charge in [-0.25, -0.2) is 0 Å². The smallest absolute Gasteiger partial charge is 0.255 e. The Hall–Kier alpha value is -3.33. The fourth-order valence-electron chi connectivity index (χ4n) is 4.99. The fraction of sp³-hybridized carbons (Fsp3) is 0.276. The Labute approximate surface area is 190 Å². The highest BCUT2D eigenvalue weighted by atomic mass is 16.1. The van der Waals surface area contributed by atoms with E-state index in [1.165, 1.54) is 16.7 Å². The average molecular weight is 423 g/mol. The average Bonchev–Trinajstić information content (AvgIpc) is 3.29. The second-order valence-corrected chi connectivity index (χ2v) is 9.97. The number of carbonyl (C=O) groups is 1. The lowest BCUT2D eigenvalue weighted by molar-refractivity contribution is 0.102. The summed E-state index contributed by atoms with van der Waals surface area (Å²) in [4.78, 5) is 12.9. The molecule has 3 heteroatoms. The van der Waals surface area contributed by atoms with Crippen molar-refractivity contribution in [1.29, 1.82) is 0 Å². The SMILES string of the molecule is CC(C)(C)c1ccc(C(=O)Nc2ccc3c(c2)C2C=CCC2C(c2ccccc2)N3)cc1. The summed E-state index contributed by atoms with van der Waals surface area (Å²) in [6.07, 6.45) is 5.69. The van der Waals surface area contributed by atoms with E-state index in [0.29, 0.717) is 23.4 Å². The molecular formula is C29H30N2O. The van der Waals surface area contributed by atoms with Crippen molar-refractivity contribution < 1.29 is 4.79 Å². The van der Waals surface area contributed by atoms with Gasteiger partial charge in [0.1, 0.15) is 0 Å². The molecule has 2 aliphatic rings. The fourth-order valence-corrected chi connectivity index (χ4v) is 4.99. The number of rotatable bonds is 3. The Kier molecular flexibility index (Phi) is 5.13. The Morgan fingerprint density at radius 1 is 0.969 bits per heavy atom. The number of fused-ring (bicyclic) bond motifs is 3. The lowest BCUT2D eigenvalue weighted by Gasteiger charge is -2.37. The second-order valence-electron chi connectivity index (χ2n) is 9.97. The highest BCUT2D eigenvalue weighted by Crippen LogP contribution is 2.50. The molecule has 0 aromatic heterocycles. The van der Waals surface area contributed by atoms with Crippen molar-refractivity contribution in [1.82, 2.24) is 0 Å². The van der Waals surface area contributed by atoms with Crippen LogP contribution >= 0.6 is 0 Å². The van der Waals surface area contributed by atoms with Crippen LogP contribution in [0.15, 0.2) is 84.9 Å². The Balaban J connectivity index is 1.38. The van der Waals surface area contributed by atoms with Crippen molar-refractivity contribution in [2.75, 3.05) is 10.6 Å². The van der Waals surface area contributed by atoms with E-state index in [0.717, 1.165) is 17.8 Å². The van der Waals surface area contributed by atoms with Gasteiger partial charge in [-0.15, -0.1) is 0 Å². The third kappa shape index (κ3) is 3.84. The van der Waals surface area contributed by atoms with Gasteiger partial charge in [-0.05, 0) is 64.8 Å². The predicted octanol–water partition coefficient (Wildman–Crippen LogP) is 7.06. The number of nitrogens with one attached hydrogen (secondary N) is 2. The molecule has 162 valence electrons. The number of benzene rings is 3. The number of hydrogen-bond donors (Lipinski definition) is 2. The molecule has 2 N–H and O–H groups in total. The van der Waals surface area contributed by atoms with Crippen molar-refractivity contribution >= 4 is 17.3 Å². The lowest BCUT2D eigenvalue weighted by atomic mass is 9.77. The van der Waals surface area contributed by atoms with Crippen LogP contribution < -0.4 is 10.6 Å². The molecule has 5 rings (SSSR count). The van der Waals surface area contributed by atoms with Crippen LogP contribution in [-0.2, 0) is 5.41 Å². The molecule has 32 heavy (non-hydrogen) atoms. The number of allylic oxidation sites excluding steroid dienone is 2. The summed E-state index contributed by atoms with van der Waals surface area (Å²) in [5, 5.41) is 6.86. The van der Waals surface area contributed by atoms with Crippen molar-refractivity contribution in [2.24, 2.45) is 5.92 Å². The molecule has 0 saturated heterocycles. The highest BCUT2D eigenvalue weighted by Gasteiger charge is 2.37. The minimum absolute atomic E-state index is 0.0729. The maximum absolute atomic E-state index is 12.9. The molecule has 0 saturated carbocycles. The molecular weight excluding hydrogens is 392 g/mol. The number of anilines is 2. The van der Waals surface area contributed by atoms with Crippen molar-refractivity contribution in [3.8, 4) is 0 Å². The third-order valence-electron chi connectivity index (χ3n) is 6.79. The zero-order chi connectivity index (χ0) is 22.3. The van der Waals surface area contributed by atoms with Gasteiger partial charge in [0.05, 0.1) is 6.04 Å². The molecule has 1 amide bonds. The van der Waals surface area contributed by atoms with Gasteiger partial charge in [0, 0.05) is 22.9 Å². The van der Waals surface area contributed by atoms with Gasteiger partial charge in [0.15, 0.2) is 0 Å². The van der Waals surface area contributed by atoms with Gasteiger partial charge in [-0.3, -0.25) is 4.79 Å². The molecule has 3 nitrogen and oxygen atoms in total. The minimum Gasteiger partial charge on any atom is -0.378 e. The minimum atomic E-state index is -0.0742. The van der Waals surface area contributed by atoms with Crippen molar-refractivity contribution in [3.63, 3.8) is 0 Å². The summed E-state index contributed by atoms with van der Waals surface area (Å²) in [6.45, 7) is 6.53. The summed E-state index contributed by atoms with van der Waals surface area (Å²) in [5.74, 6) is 0.773. The summed E-state index contributed by atoms with van der Waals surface area (Å²) < 4.78 is 0. The number of hydrogen-bond acceptors (Lipinski definition) is 2. The maximum atomic E-state index is 12.9. The zero-order valence-electron chi connectivity index (χ0n) is 18.9. The van der Waals surface area contributed by atoms with E-state index in [1.807, 2.05) is 30.3 Å². The van der Waals surface area contributed by atoms with Crippen LogP contribution in [0.4, 0.5) is 11.4 Å². The van der Waals surface area contributed by atoms with E-state index in [4.69, 9.17) is 0 Å². The standard InChI is InChI=1S/C29H30N2O/c1-29(2,3)21-14-12-20(13-15-21)28(32)30-22-16-17-26-25(18-22)23-10-7-11-24(23)27(31-26)19-8-5-4-6-9-19/h4-10,12-18,23-24,27,31H,11H2,1-3H3,(H,30,32). The molecule has 3 aromatic rings. The monoisotopic (exact) mass is 422 g/mol. The summed E-state index contributed by atoms with van der Waals surface area (Å²) >= 11 is 0. The van der Waals surface area contributed by atoms with Crippen LogP contribution in [0.25, 0.3) is 0 Å². The Morgan fingerprint density at radius 3 is 2.44 bits per heavy atom. The molecule has 1 aliphatic heterocycles. The first kappa shape index (κ1) is 20.6. The van der Waals surface area contributed by atoms with E-state index in [1.54, 1.807) is 0 Å². The molecule has 0 spiro atoms. The predicted molar refractivity (Wildman–Crippen MR) is 132 cm³/mol. The van der Waals surface area contributed by atoms with Gasteiger partial charge >= 0.3 is 0 Å². The second kappa shape index (κ2) is 7.98. The Bertz CT molecular complexity index is 1160. The van der Waals surface area contributed by atoms with Crippen molar-refractivity contribution in [2.45, 2.75) is 44.6 Å². The van der Waals surface area contributed by atoms with Gasteiger partial charge in [0.25, 0.3) is 5.91 Å². The van der Waals surface area contributed by atoms with E-state index in [2.05, 4.69) is 86.0 Å². The van der Waals surface area contributed by atoms with Gasteiger partial charge in [-0.1, -0.05) is 75.4 Å². The van der Waals surface area contributed by atoms with Gasteiger partial charge in [0.2, 0.25) is 0 Å². The van der Waals surface area contributed by atoms with Crippen LogP contribution in [0.2, 0.25) is 0 Å². The third-order valence-corrected chi connectivity index (χ3v) is 6.79.